The van der Waals surface area contributed by atoms with Crippen molar-refractivity contribution in [1.82, 2.24) is 15.5 Å². The molecule has 2 aromatic rings. The molecule has 4 amide bonds. The van der Waals surface area contributed by atoms with Crippen LogP contribution in [0.1, 0.15) is 17.4 Å². The van der Waals surface area contributed by atoms with Crippen molar-refractivity contribution in [2.75, 3.05) is 13.2 Å². The van der Waals surface area contributed by atoms with Crippen LogP contribution >= 0.6 is 11.3 Å². The second-order valence-electron chi connectivity index (χ2n) is 6.33. The van der Waals surface area contributed by atoms with Crippen molar-refractivity contribution < 1.29 is 23.9 Å². The number of carbonyl (C=O) groups excluding carboxylic acids is 4. The molecule has 1 atom stereocenters. The Morgan fingerprint density at radius 2 is 1.93 bits per heavy atom. The highest BCUT2D eigenvalue weighted by Gasteiger charge is 2.49. The summed E-state index contributed by atoms with van der Waals surface area (Å²) in [4.78, 5) is 50.4. The Bertz CT molecular complexity index is 884. The Hall–Kier alpha value is -3.20. The first-order valence-corrected chi connectivity index (χ1v) is 9.42. The minimum Gasteiger partial charge on any atom is -0.454 e. The van der Waals surface area contributed by atoms with Gasteiger partial charge in [-0.2, -0.15) is 0 Å². The first-order chi connectivity index (χ1) is 13.4. The first-order valence-electron chi connectivity index (χ1n) is 8.54. The van der Waals surface area contributed by atoms with E-state index in [-0.39, 0.29) is 0 Å². The SMILES string of the molecule is C[C@@]1(c2ccccc2)NC(=O)N(CC(=O)OCC(=O)NCc2cccs2)C1=O. The van der Waals surface area contributed by atoms with E-state index in [0.717, 1.165) is 9.78 Å². The largest absolute Gasteiger partial charge is 0.454 e. The van der Waals surface area contributed by atoms with Crippen LogP contribution in [-0.4, -0.2) is 41.9 Å². The molecule has 9 heteroatoms. The van der Waals surface area contributed by atoms with Crippen LogP contribution in [0.25, 0.3) is 0 Å². The fourth-order valence-electron chi connectivity index (χ4n) is 2.78. The third-order valence-electron chi connectivity index (χ3n) is 4.32. The van der Waals surface area contributed by atoms with Gasteiger partial charge in [-0.15, -0.1) is 11.3 Å². The molecular formula is C19H19N3O5S. The summed E-state index contributed by atoms with van der Waals surface area (Å²) in [6.45, 7) is 0.873. The molecule has 1 aromatic carbocycles. The van der Waals surface area contributed by atoms with Crippen molar-refractivity contribution in [2.24, 2.45) is 0 Å². The van der Waals surface area contributed by atoms with Crippen molar-refractivity contribution in [3.63, 3.8) is 0 Å². The highest BCUT2D eigenvalue weighted by Crippen LogP contribution is 2.28. The summed E-state index contributed by atoms with van der Waals surface area (Å²) in [7, 11) is 0. The van der Waals surface area contributed by atoms with E-state index in [2.05, 4.69) is 10.6 Å². The zero-order valence-corrected chi connectivity index (χ0v) is 16.0. The van der Waals surface area contributed by atoms with Crippen LogP contribution in [0, 0.1) is 0 Å². The third kappa shape index (κ3) is 4.20. The molecule has 2 heterocycles. The number of thiophene rings is 1. The van der Waals surface area contributed by atoms with E-state index in [4.69, 9.17) is 4.74 Å². The van der Waals surface area contributed by atoms with Gasteiger partial charge in [0.1, 0.15) is 12.1 Å². The molecule has 1 fully saturated rings. The van der Waals surface area contributed by atoms with Gasteiger partial charge < -0.3 is 15.4 Å². The molecule has 3 rings (SSSR count). The molecule has 0 bridgehead atoms. The normalized spacial score (nSPS) is 18.7. The summed E-state index contributed by atoms with van der Waals surface area (Å²) in [5.74, 6) is -1.86. The number of benzene rings is 1. The number of amides is 4. The van der Waals surface area contributed by atoms with Gasteiger partial charge in [-0.05, 0) is 23.9 Å². The predicted octanol–water partition coefficient (Wildman–Crippen LogP) is 1.37. The maximum absolute atomic E-state index is 12.7. The van der Waals surface area contributed by atoms with Crippen LogP contribution in [0.5, 0.6) is 0 Å². The van der Waals surface area contributed by atoms with Gasteiger partial charge in [-0.3, -0.25) is 19.3 Å². The number of rotatable bonds is 7. The number of ether oxygens (including phenoxy) is 1. The molecule has 0 saturated carbocycles. The fourth-order valence-corrected chi connectivity index (χ4v) is 3.42. The summed E-state index contributed by atoms with van der Waals surface area (Å²) >= 11 is 1.50. The van der Waals surface area contributed by atoms with Gasteiger partial charge in [-0.1, -0.05) is 36.4 Å². The second kappa shape index (κ2) is 8.22. The lowest BCUT2D eigenvalue weighted by Gasteiger charge is -2.21. The highest BCUT2D eigenvalue weighted by atomic mass is 32.1. The Labute approximate surface area is 165 Å². The lowest BCUT2D eigenvalue weighted by Crippen LogP contribution is -2.41. The Morgan fingerprint density at radius 3 is 2.61 bits per heavy atom. The average molecular weight is 401 g/mol. The van der Waals surface area contributed by atoms with Gasteiger partial charge in [0.25, 0.3) is 11.8 Å². The minimum absolute atomic E-state index is 0.344. The van der Waals surface area contributed by atoms with E-state index in [1.807, 2.05) is 17.5 Å². The number of hydrogen-bond acceptors (Lipinski definition) is 6. The van der Waals surface area contributed by atoms with Crippen LogP contribution in [0.15, 0.2) is 47.8 Å². The monoisotopic (exact) mass is 401 g/mol. The molecule has 1 aliphatic heterocycles. The molecule has 1 aliphatic rings. The maximum Gasteiger partial charge on any atom is 0.326 e. The number of nitrogens with zero attached hydrogens (tertiary/aromatic N) is 1. The molecule has 28 heavy (non-hydrogen) atoms. The van der Waals surface area contributed by atoms with E-state index in [1.165, 1.54) is 11.3 Å². The lowest BCUT2D eigenvalue weighted by atomic mass is 9.92. The summed E-state index contributed by atoms with van der Waals surface area (Å²) in [6.07, 6.45) is 0. The van der Waals surface area contributed by atoms with E-state index in [9.17, 15) is 19.2 Å². The van der Waals surface area contributed by atoms with Crippen LogP contribution in [0.2, 0.25) is 0 Å². The number of carbonyl (C=O) groups is 4. The number of esters is 1. The zero-order chi connectivity index (χ0) is 20.1. The van der Waals surface area contributed by atoms with E-state index in [0.29, 0.717) is 12.1 Å². The molecular weight excluding hydrogens is 382 g/mol. The fraction of sp³-hybridized carbons (Fsp3) is 0.263. The molecule has 2 N–H and O–H groups in total. The van der Waals surface area contributed by atoms with Crippen molar-refractivity contribution >= 4 is 35.2 Å². The number of nitrogens with one attached hydrogen (secondary N) is 2. The van der Waals surface area contributed by atoms with Crippen molar-refractivity contribution in [1.29, 1.82) is 0 Å². The molecule has 1 aromatic heterocycles. The van der Waals surface area contributed by atoms with Gasteiger partial charge in [0.2, 0.25) is 0 Å². The Morgan fingerprint density at radius 1 is 1.18 bits per heavy atom. The molecule has 0 radical (unpaired) electrons. The van der Waals surface area contributed by atoms with E-state index in [1.54, 1.807) is 37.3 Å². The number of urea groups is 1. The smallest absolute Gasteiger partial charge is 0.326 e. The summed E-state index contributed by atoms with van der Waals surface area (Å²) in [6, 6.07) is 11.8. The quantitative estimate of drug-likeness (QED) is 0.539. The lowest BCUT2D eigenvalue weighted by molar-refractivity contribution is -0.151. The van der Waals surface area contributed by atoms with Gasteiger partial charge in [0, 0.05) is 4.88 Å². The topological polar surface area (TPSA) is 105 Å². The summed E-state index contributed by atoms with van der Waals surface area (Å²) in [5, 5.41) is 7.12. The van der Waals surface area contributed by atoms with Crippen molar-refractivity contribution in [2.45, 2.75) is 19.0 Å². The molecule has 0 aliphatic carbocycles. The van der Waals surface area contributed by atoms with Gasteiger partial charge >= 0.3 is 12.0 Å². The van der Waals surface area contributed by atoms with Crippen molar-refractivity contribution in [3.8, 4) is 0 Å². The number of imide groups is 1. The second-order valence-corrected chi connectivity index (χ2v) is 7.36. The van der Waals surface area contributed by atoms with Gasteiger partial charge in [0.15, 0.2) is 6.61 Å². The van der Waals surface area contributed by atoms with Gasteiger partial charge in [-0.25, -0.2) is 4.79 Å². The van der Waals surface area contributed by atoms with Crippen LogP contribution < -0.4 is 10.6 Å². The van der Waals surface area contributed by atoms with Gasteiger partial charge in [0.05, 0.1) is 6.54 Å². The maximum atomic E-state index is 12.7. The molecule has 1 saturated heterocycles. The Kier molecular flexibility index (Phi) is 5.74. The highest BCUT2D eigenvalue weighted by molar-refractivity contribution is 7.09. The van der Waals surface area contributed by atoms with Crippen LogP contribution in [0.4, 0.5) is 4.79 Å². The molecule has 146 valence electrons. The molecule has 8 nitrogen and oxygen atoms in total. The summed E-state index contributed by atoms with van der Waals surface area (Å²) < 4.78 is 4.88. The van der Waals surface area contributed by atoms with E-state index >= 15 is 0 Å². The molecule has 0 unspecified atom stereocenters. The van der Waals surface area contributed by atoms with E-state index < -0.39 is 42.5 Å². The summed E-state index contributed by atoms with van der Waals surface area (Å²) in [5.41, 5.74) is -0.645. The average Bonchev–Trinajstić information content (AvgIpc) is 3.29. The third-order valence-corrected chi connectivity index (χ3v) is 5.19. The zero-order valence-electron chi connectivity index (χ0n) is 15.1. The Balaban J connectivity index is 1.52. The molecule has 0 spiro atoms. The standard InChI is InChI=1S/C19H19N3O5S/c1-19(13-6-3-2-4-7-13)17(25)22(18(26)21-19)11-16(24)27-12-15(23)20-10-14-8-5-9-28-14/h2-9H,10-12H2,1H3,(H,20,23)(H,21,26)/t19-/m0/s1. The number of hydrogen-bond donors (Lipinski definition) is 2. The predicted molar refractivity (Wildman–Crippen MR) is 101 cm³/mol. The minimum atomic E-state index is -1.25. The van der Waals surface area contributed by atoms with Crippen molar-refractivity contribution in [3.05, 3.63) is 58.3 Å². The first kappa shape index (κ1) is 19.6. The van der Waals surface area contributed by atoms with Crippen LogP contribution in [-0.2, 0) is 31.2 Å². The van der Waals surface area contributed by atoms with Crippen LogP contribution in [0.3, 0.4) is 0 Å².